The molecule has 1 radical (unpaired) electrons. The van der Waals surface area contributed by atoms with E-state index in [0.29, 0.717) is 0 Å². The van der Waals surface area contributed by atoms with Crippen molar-refractivity contribution < 1.29 is 32.7 Å². The zero-order chi connectivity index (χ0) is 8.41. The number of hydrogen-bond donors (Lipinski definition) is 0. The molecule has 0 saturated heterocycles. The molecule has 0 aromatic heterocycles. The van der Waals surface area contributed by atoms with E-state index in [2.05, 4.69) is 19.2 Å². The molecule has 0 aliphatic carbocycles. The van der Waals surface area contributed by atoms with Gasteiger partial charge in [-0.05, 0) is 5.92 Å². The van der Waals surface area contributed by atoms with Crippen molar-refractivity contribution in [1.82, 2.24) is 0 Å². The van der Waals surface area contributed by atoms with Crippen LogP contribution in [-0.4, -0.2) is 13.6 Å². The van der Waals surface area contributed by atoms with Crippen molar-refractivity contribution in [2.45, 2.75) is 40.5 Å². The van der Waals surface area contributed by atoms with Gasteiger partial charge in [-0.2, -0.15) is 7.05 Å². The molecule has 0 aromatic rings. The number of rotatable bonds is 4. The Bertz CT molecular complexity index is 46.8. The molecule has 0 N–H and O–H groups in total. The van der Waals surface area contributed by atoms with E-state index in [1.807, 2.05) is 20.9 Å². The molecule has 0 saturated carbocycles. The molecule has 11 heavy (non-hydrogen) atoms. The molecule has 67 valence electrons. The average molecular weight is 233 g/mol. The van der Waals surface area contributed by atoms with Crippen molar-refractivity contribution >= 4 is 0 Å². The van der Waals surface area contributed by atoms with Gasteiger partial charge in [0.1, 0.15) is 0 Å². The minimum absolute atomic E-state index is 0. The van der Waals surface area contributed by atoms with E-state index in [0.717, 1.165) is 12.5 Å². The van der Waals surface area contributed by atoms with E-state index in [1.54, 1.807) is 0 Å². The maximum absolute atomic E-state index is 4.01. The van der Waals surface area contributed by atoms with Crippen molar-refractivity contribution in [3.8, 4) is 0 Å². The van der Waals surface area contributed by atoms with E-state index in [9.17, 15) is 0 Å². The summed E-state index contributed by atoms with van der Waals surface area (Å²) in [5.74, 6) is 0.844. The summed E-state index contributed by atoms with van der Waals surface area (Å²) >= 11 is 0. The molecular formula is C9H22NY-. The summed E-state index contributed by atoms with van der Waals surface area (Å²) in [5.41, 5.74) is 0. The van der Waals surface area contributed by atoms with Gasteiger partial charge < -0.3 is 5.32 Å². The largest absolute Gasteiger partial charge is 0.665 e. The zero-order valence-corrected chi connectivity index (χ0v) is 11.6. The minimum atomic E-state index is 0. The molecule has 0 unspecified atom stereocenters. The predicted molar refractivity (Wildman–Crippen MR) is 49.6 cm³/mol. The minimum Gasteiger partial charge on any atom is -0.665 e. The van der Waals surface area contributed by atoms with Gasteiger partial charge in [-0.1, -0.05) is 40.5 Å². The molecule has 0 bridgehead atoms. The third-order valence-corrected chi connectivity index (χ3v) is 1.16. The van der Waals surface area contributed by atoms with Gasteiger partial charge in [0.25, 0.3) is 0 Å². The van der Waals surface area contributed by atoms with Crippen LogP contribution in [0, 0.1) is 5.92 Å². The first-order valence-electron chi connectivity index (χ1n) is 4.33. The fourth-order valence-corrected chi connectivity index (χ4v) is 0.658. The van der Waals surface area contributed by atoms with Gasteiger partial charge in [-0.3, -0.25) is 0 Å². The summed E-state index contributed by atoms with van der Waals surface area (Å²) in [6.45, 7) is 9.53. The molecule has 0 heterocycles. The molecule has 2 heteroatoms. The first kappa shape index (κ1) is 18.0. The second-order valence-electron chi connectivity index (χ2n) is 2.58. The third kappa shape index (κ3) is 24.7. The van der Waals surface area contributed by atoms with Gasteiger partial charge in [0.05, 0.1) is 0 Å². The molecular weight excluding hydrogens is 211 g/mol. The van der Waals surface area contributed by atoms with Crippen LogP contribution in [0.3, 0.4) is 0 Å². The Morgan fingerprint density at radius 2 is 1.64 bits per heavy atom. The summed E-state index contributed by atoms with van der Waals surface area (Å²) in [6.07, 6.45) is 2.57. The van der Waals surface area contributed by atoms with Crippen LogP contribution in [0.15, 0.2) is 0 Å². The number of nitrogens with zero attached hydrogens (tertiary/aromatic N) is 1. The van der Waals surface area contributed by atoms with E-state index >= 15 is 0 Å². The van der Waals surface area contributed by atoms with Gasteiger partial charge in [0, 0.05) is 32.7 Å². The zero-order valence-electron chi connectivity index (χ0n) is 8.72. The van der Waals surface area contributed by atoms with Crippen LogP contribution >= 0.6 is 0 Å². The Kier molecular flexibility index (Phi) is 28.2. The standard InChI is InChI=1S/C7H16N.C2H6.Y/c1-7(2)5-4-6-8-3;1-2;/h7H,4-6H2,1-3H3;1-2H3;/q-1;;. The Morgan fingerprint density at radius 1 is 1.18 bits per heavy atom. The van der Waals surface area contributed by atoms with Crippen LogP contribution in [-0.2, 0) is 32.7 Å². The van der Waals surface area contributed by atoms with E-state index in [1.165, 1.54) is 12.8 Å². The molecule has 1 nitrogen and oxygen atoms in total. The third-order valence-electron chi connectivity index (χ3n) is 1.16. The monoisotopic (exact) mass is 233 g/mol. The SMILES string of the molecule is CC.C[N-]CCCC(C)C.[Y]. The quantitative estimate of drug-likeness (QED) is 0.660. The fraction of sp³-hybridized carbons (Fsp3) is 1.00. The molecule has 0 atom stereocenters. The maximum atomic E-state index is 4.01. The summed E-state index contributed by atoms with van der Waals surface area (Å²) in [4.78, 5) is 0. The van der Waals surface area contributed by atoms with Crippen LogP contribution in [0.1, 0.15) is 40.5 Å². The predicted octanol–water partition coefficient (Wildman–Crippen LogP) is 3.45. The van der Waals surface area contributed by atoms with Gasteiger partial charge in [0.15, 0.2) is 0 Å². The molecule has 0 fully saturated rings. The van der Waals surface area contributed by atoms with Crippen LogP contribution in [0.2, 0.25) is 0 Å². The topological polar surface area (TPSA) is 14.1 Å². The second-order valence-corrected chi connectivity index (χ2v) is 2.58. The van der Waals surface area contributed by atoms with E-state index in [-0.39, 0.29) is 32.7 Å². The van der Waals surface area contributed by atoms with Gasteiger partial charge >= 0.3 is 0 Å². The van der Waals surface area contributed by atoms with Crippen LogP contribution in [0.25, 0.3) is 5.32 Å². The van der Waals surface area contributed by atoms with E-state index in [4.69, 9.17) is 0 Å². The maximum Gasteiger partial charge on any atom is 0 e. The Labute approximate surface area is 97.6 Å². The van der Waals surface area contributed by atoms with Crippen LogP contribution in [0.5, 0.6) is 0 Å². The molecule has 0 spiro atoms. The van der Waals surface area contributed by atoms with Crippen molar-refractivity contribution in [3.05, 3.63) is 5.32 Å². The molecule has 0 rings (SSSR count). The van der Waals surface area contributed by atoms with Gasteiger partial charge in [0.2, 0.25) is 0 Å². The van der Waals surface area contributed by atoms with E-state index < -0.39 is 0 Å². The van der Waals surface area contributed by atoms with Crippen LogP contribution in [0.4, 0.5) is 0 Å². The van der Waals surface area contributed by atoms with Crippen molar-refractivity contribution in [2.75, 3.05) is 13.6 Å². The summed E-state index contributed by atoms with van der Waals surface area (Å²) in [5, 5.41) is 4.01. The summed E-state index contributed by atoms with van der Waals surface area (Å²) < 4.78 is 0. The van der Waals surface area contributed by atoms with Crippen molar-refractivity contribution in [1.29, 1.82) is 0 Å². The summed E-state index contributed by atoms with van der Waals surface area (Å²) in [7, 11) is 1.88. The first-order valence-corrected chi connectivity index (χ1v) is 4.33. The molecule has 0 aliphatic rings. The van der Waals surface area contributed by atoms with Crippen molar-refractivity contribution in [2.24, 2.45) is 5.92 Å². The fourth-order valence-electron chi connectivity index (χ4n) is 0.658. The molecule has 0 aromatic carbocycles. The van der Waals surface area contributed by atoms with Gasteiger partial charge in [-0.25, -0.2) is 0 Å². The smallest absolute Gasteiger partial charge is 0 e. The van der Waals surface area contributed by atoms with Gasteiger partial charge in [-0.15, -0.1) is 6.54 Å². The normalized spacial score (nSPS) is 8.18. The number of hydrogen-bond acceptors (Lipinski definition) is 0. The molecule has 0 amide bonds. The first-order chi connectivity index (χ1) is 4.77. The average Bonchev–Trinajstić information content (AvgIpc) is 1.92. The summed E-state index contributed by atoms with van der Waals surface area (Å²) in [6, 6.07) is 0. The Hall–Kier alpha value is 1.06. The van der Waals surface area contributed by atoms with Crippen LogP contribution < -0.4 is 0 Å². The Morgan fingerprint density at radius 3 is 1.91 bits per heavy atom. The Balaban J connectivity index is -0.000000196. The molecule has 0 aliphatic heterocycles. The second kappa shape index (κ2) is 17.2. The van der Waals surface area contributed by atoms with Crippen molar-refractivity contribution in [3.63, 3.8) is 0 Å².